The third-order valence-corrected chi connectivity index (χ3v) is 5.54. The highest BCUT2D eigenvalue weighted by molar-refractivity contribution is 7.13. The van der Waals surface area contributed by atoms with Crippen LogP contribution < -0.4 is 0 Å². The van der Waals surface area contributed by atoms with Crippen molar-refractivity contribution in [2.24, 2.45) is 0 Å². The second-order valence-corrected chi connectivity index (χ2v) is 7.32. The number of fused-ring (bicyclic) bond motifs is 1. The quantitative estimate of drug-likeness (QED) is 0.523. The van der Waals surface area contributed by atoms with Crippen LogP contribution in [0.2, 0.25) is 5.02 Å². The first-order valence-corrected chi connectivity index (χ1v) is 9.82. The molecule has 0 bridgehead atoms. The first kappa shape index (κ1) is 17.4. The van der Waals surface area contributed by atoms with Crippen LogP contribution in [0.15, 0.2) is 41.8 Å². The topological polar surface area (TPSA) is 16.1 Å². The molecule has 0 atom stereocenters. The Morgan fingerprint density at radius 1 is 1.12 bits per heavy atom. The van der Waals surface area contributed by atoms with E-state index in [1.165, 1.54) is 10.4 Å². The van der Waals surface area contributed by atoms with Crippen LogP contribution in [0.5, 0.6) is 0 Å². The Morgan fingerprint density at radius 2 is 1.96 bits per heavy atom. The van der Waals surface area contributed by atoms with Crippen molar-refractivity contribution in [2.45, 2.75) is 26.7 Å². The summed E-state index contributed by atoms with van der Waals surface area (Å²) in [5, 5.41) is 4.01. The molecule has 3 rings (SSSR count). The largest absolute Gasteiger partial charge is 0.304 e. The Labute approximate surface area is 153 Å². The van der Waals surface area contributed by atoms with Gasteiger partial charge < -0.3 is 4.90 Å². The minimum atomic E-state index is 0.766. The molecule has 0 saturated heterocycles. The summed E-state index contributed by atoms with van der Waals surface area (Å²) in [4.78, 5) is 8.64. The van der Waals surface area contributed by atoms with Crippen molar-refractivity contribution in [3.05, 3.63) is 52.4 Å². The lowest BCUT2D eigenvalue weighted by molar-refractivity contribution is 0.300. The highest BCUT2D eigenvalue weighted by Gasteiger charge is 2.11. The van der Waals surface area contributed by atoms with Crippen LogP contribution in [0.25, 0.3) is 21.5 Å². The molecule has 0 saturated carbocycles. The van der Waals surface area contributed by atoms with Gasteiger partial charge in [-0.2, -0.15) is 0 Å². The first-order valence-electron chi connectivity index (χ1n) is 8.56. The average molecular weight is 359 g/mol. The number of aryl methyl sites for hydroxylation is 1. The Kier molecular flexibility index (Phi) is 5.88. The summed E-state index contributed by atoms with van der Waals surface area (Å²) >= 11 is 7.91. The summed E-state index contributed by atoms with van der Waals surface area (Å²) in [6.45, 7) is 7.80. The Bertz CT molecular complexity index is 795. The van der Waals surface area contributed by atoms with E-state index in [1.807, 2.05) is 18.2 Å². The first-order chi connectivity index (χ1) is 11.7. The van der Waals surface area contributed by atoms with Crippen molar-refractivity contribution < 1.29 is 0 Å². The van der Waals surface area contributed by atoms with Gasteiger partial charge in [0.15, 0.2) is 0 Å². The molecule has 0 aliphatic rings. The van der Waals surface area contributed by atoms with Gasteiger partial charge in [-0.25, -0.2) is 4.98 Å². The molecule has 0 aliphatic carbocycles. The number of pyridine rings is 1. The fraction of sp³-hybridized carbons (Fsp3) is 0.350. The van der Waals surface area contributed by atoms with E-state index < -0.39 is 0 Å². The third kappa shape index (κ3) is 3.97. The highest BCUT2D eigenvalue weighted by atomic mass is 35.5. The number of rotatable bonds is 7. The van der Waals surface area contributed by atoms with Crippen molar-refractivity contribution in [1.82, 2.24) is 9.88 Å². The van der Waals surface area contributed by atoms with Crippen LogP contribution in [0.4, 0.5) is 0 Å². The van der Waals surface area contributed by atoms with Crippen LogP contribution >= 0.6 is 22.9 Å². The zero-order valence-electron chi connectivity index (χ0n) is 14.3. The van der Waals surface area contributed by atoms with Crippen LogP contribution in [-0.4, -0.2) is 29.5 Å². The fourth-order valence-corrected chi connectivity index (χ4v) is 3.97. The zero-order valence-corrected chi connectivity index (χ0v) is 15.8. The molecule has 126 valence electrons. The van der Waals surface area contributed by atoms with Gasteiger partial charge in [0.1, 0.15) is 0 Å². The van der Waals surface area contributed by atoms with Gasteiger partial charge in [-0.05, 0) is 73.8 Å². The maximum Gasteiger partial charge on any atom is 0.0841 e. The Morgan fingerprint density at radius 3 is 2.67 bits per heavy atom. The summed E-state index contributed by atoms with van der Waals surface area (Å²) in [5.74, 6) is 0. The van der Waals surface area contributed by atoms with Crippen molar-refractivity contribution in [3.8, 4) is 10.6 Å². The maximum atomic E-state index is 6.16. The number of hydrogen-bond donors (Lipinski definition) is 0. The lowest BCUT2D eigenvalue weighted by atomic mass is 10.0. The lowest BCUT2D eigenvalue weighted by Crippen LogP contribution is -2.24. The van der Waals surface area contributed by atoms with E-state index >= 15 is 0 Å². The Hall–Kier alpha value is -1.42. The molecule has 0 aliphatic heterocycles. The lowest BCUT2D eigenvalue weighted by Gasteiger charge is -2.18. The minimum absolute atomic E-state index is 0.766. The van der Waals surface area contributed by atoms with Gasteiger partial charge in [-0.15, -0.1) is 11.3 Å². The number of hydrogen-bond acceptors (Lipinski definition) is 3. The van der Waals surface area contributed by atoms with Gasteiger partial charge in [0, 0.05) is 10.4 Å². The second-order valence-electron chi connectivity index (χ2n) is 5.94. The number of nitrogens with zero attached hydrogens (tertiary/aromatic N) is 2. The highest BCUT2D eigenvalue weighted by Crippen LogP contribution is 2.30. The van der Waals surface area contributed by atoms with Crippen LogP contribution in [0, 0.1) is 0 Å². The van der Waals surface area contributed by atoms with Crippen molar-refractivity contribution in [3.63, 3.8) is 0 Å². The van der Waals surface area contributed by atoms with E-state index in [9.17, 15) is 0 Å². The normalized spacial score (nSPS) is 11.5. The van der Waals surface area contributed by atoms with Crippen LogP contribution in [0.1, 0.15) is 25.8 Å². The van der Waals surface area contributed by atoms with Crippen molar-refractivity contribution in [2.75, 3.05) is 19.6 Å². The summed E-state index contributed by atoms with van der Waals surface area (Å²) < 4.78 is 0. The Balaban J connectivity index is 1.92. The molecule has 0 amide bonds. The van der Waals surface area contributed by atoms with E-state index in [0.29, 0.717) is 0 Å². The van der Waals surface area contributed by atoms with Crippen LogP contribution in [-0.2, 0) is 6.42 Å². The van der Waals surface area contributed by atoms with Crippen LogP contribution in [0.3, 0.4) is 0 Å². The molecule has 3 aromatic rings. The molecule has 0 radical (unpaired) electrons. The number of aromatic nitrogens is 1. The van der Waals surface area contributed by atoms with Gasteiger partial charge in [0.25, 0.3) is 0 Å². The molecule has 2 nitrogen and oxygen atoms in total. The second kappa shape index (κ2) is 8.11. The number of thiophene rings is 1. The summed E-state index contributed by atoms with van der Waals surface area (Å²) in [7, 11) is 0. The maximum absolute atomic E-state index is 6.16. The van der Waals surface area contributed by atoms with Gasteiger partial charge in [0.2, 0.25) is 0 Å². The van der Waals surface area contributed by atoms with Crippen molar-refractivity contribution in [1.29, 1.82) is 0 Å². The summed E-state index contributed by atoms with van der Waals surface area (Å²) in [5.41, 5.74) is 3.45. The zero-order chi connectivity index (χ0) is 16.9. The molecule has 1 aromatic carbocycles. The fourth-order valence-electron chi connectivity index (χ4n) is 3.04. The third-order valence-electron chi connectivity index (χ3n) is 4.43. The molecule has 2 heterocycles. The summed E-state index contributed by atoms with van der Waals surface area (Å²) in [6.07, 6.45) is 2.19. The smallest absolute Gasteiger partial charge is 0.0841 e. The van der Waals surface area contributed by atoms with E-state index in [-0.39, 0.29) is 0 Å². The molecule has 0 fully saturated rings. The van der Waals surface area contributed by atoms with E-state index in [2.05, 4.69) is 42.3 Å². The predicted octanol–water partition coefficient (Wildman–Crippen LogP) is 5.89. The molecular weight excluding hydrogens is 336 g/mol. The van der Waals surface area contributed by atoms with E-state index in [4.69, 9.17) is 16.6 Å². The number of halogens is 1. The predicted molar refractivity (Wildman–Crippen MR) is 106 cm³/mol. The SMILES string of the molecule is CCN(CC)CCCc1cc2cc(Cl)ccc2nc1-c1cccs1. The minimum Gasteiger partial charge on any atom is -0.304 e. The van der Waals surface area contributed by atoms with E-state index in [1.54, 1.807) is 11.3 Å². The molecule has 24 heavy (non-hydrogen) atoms. The molecule has 4 heteroatoms. The van der Waals surface area contributed by atoms with Gasteiger partial charge in [-0.1, -0.05) is 31.5 Å². The van der Waals surface area contributed by atoms with E-state index in [0.717, 1.165) is 54.1 Å². The number of benzene rings is 1. The molecule has 2 aromatic heterocycles. The van der Waals surface area contributed by atoms with Gasteiger partial charge in [0.05, 0.1) is 16.1 Å². The average Bonchev–Trinajstić information content (AvgIpc) is 3.12. The monoisotopic (exact) mass is 358 g/mol. The molecule has 0 unspecified atom stereocenters. The van der Waals surface area contributed by atoms with Crippen molar-refractivity contribution >= 4 is 33.8 Å². The molecular formula is C20H23ClN2S. The van der Waals surface area contributed by atoms with Gasteiger partial charge >= 0.3 is 0 Å². The summed E-state index contributed by atoms with van der Waals surface area (Å²) in [6, 6.07) is 12.4. The molecule has 0 N–H and O–H groups in total. The molecule has 0 spiro atoms. The standard InChI is InChI=1S/C20H23ClN2S/c1-3-23(4-2)11-5-7-15-13-16-14-17(21)9-10-18(16)22-20(15)19-8-6-12-24-19/h6,8-10,12-14H,3-5,7,11H2,1-2H3. The van der Waals surface area contributed by atoms with Gasteiger partial charge in [-0.3, -0.25) is 0 Å².